The van der Waals surface area contributed by atoms with Crippen molar-refractivity contribution in [3.8, 4) is 0 Å². The van der Waals surface area contributed by atoms with Crippen LogP contribution in [0.3, 0.4) is 0 Å². The topological polar surface area (TPSA) is 0 Å². The van der Waals surface area contributed by atoms with Gasteiger partial charge in [0.2, 0.25) is 0 Å². The molecule has 0 heterocycles. The molecular weight excluding hydrogens is 200 g/mol. The van der Waals surface area contributed by atoms with E-state index < -0.39 is 0 Å². The molecule has 0 spiro atoms. The number of fused-ring (bicyclic) bond motifs is 1. The first kappa shape index (κ1) is 8.92. The lowest BCUT2D eigenvalue weighted by atomic mass is 10.1. The van der Waals surface area contributed by atoms with Crippen molar-refractivity contribution >= 4 is 35.0 Å². The third-order valence-electron chi connectivity index (χ3n) is 2.12. The third-order valence-corrected chi connectivity index (χ3v) is 2.83. The molecule has 0 bridgehead atoms. The van der Waals surface area contributed by atoms with Crippen molar-refractivity contribution in [1.82, 2.24) is 0 Å². The molecule has 0 radical (unpaired) electrons. The highest BCUT2D eigenvalue weighted by molar-refractivity contribution is 7.80. The molecule has 0 nitrogen and oxygen atoms in total. The molecule has 0 saturated carbocycles. The summed E-state index contributed by atoms with van der Waals surface area (Å²) in [6.45, 7) is 2.05. The highest BCUT2D eigenvalue weighted by atomic mass is 35.5. The predicted molar refractivity (Wildman–Crippen MR) is 60.9 cm³/mol. The van der Waals surface area contributed by atoms with Crippen LogP contribution in [0.15, 0.2) is 35.2 Å². The van der Waals surface area contributed by atoms with E-state index in [0.717, 1.165) is 15.3 Å². The lowest BCUT2D eigenvalue weighted by molar-refractivity contribution is 1.34. The van der Waals surface area contributed by atoms with Crippen molar-refractivity contribution in [3.63, 3.8) is 0 Å². The Balaban J connectivity index is 2.81. The molecular formula is C11H9ClS. The van der Waals surface area contributed by atoms with Crippen molar-refractivity contribution < 1.29 is 0 Å². The van der Waals surface area contributed by atoms with Gasteiger partial charge in [-0.1, -0.05) is 23.7 Å². The zero-order valence-electron chi connectivity index (χ0n) is 7.21. The van der Waals surface area contributed by atoms with Crippen molar-refractivity contribution in [2.75, 3.05) is 0 Å². The Kier molecular flexibility index (Phi) is 2.22. The van der Waals surface area contributed by atoms with Crippen LogP contribution < -0.4 is 0 Å². The van der Waals surface area contributed by atoms with Crippen molar-refractivity contribution in [2.45, 2.75) is 11.8 Å². The van der Waals surface area contributed by atoms with Crippen LogP contribution in [-0.4, -0.2) is 0 Å². The Hall–Kier alpha value is -0.660. The largest absolute Gasteiger partial charge is 0.143 e. The minimum Gasteiger partial charge on any atom is -0.143 e. The standard InChI is InChI=1S/C11H9ClS/c1-7-4-8-2-3-10(12)5-9(8)6-11(7)13/h2-6,13H,1H3. The molecule has 66 valence electrons. The van der Waals surface area contributed by atoms with Crippen molar-refractivity contribution in [2.24, 2.45) is 0 Å². The normalized spacial score (nSPS) is 10.7. The maximum absolute atomic E-state index is 5.89. The zero-order chi connectivity index (χ0) is 9.42. The summed E-state index contributed by atoms with van der Waals surface area (Å²) in [6.07, 6.45) is 0. The highest BCUT2D eigenvalue weighted by Gasteiger charge is 1.98. The molecule has 2 rings (SSSR count). The predicted octanol–water partition coefficient (Wildman–Crippen LogP) is 4.09. The molecule has 0 amide bonds. The van der Waals surface area contributed by atoms with Crippen LogP contribution in [0.2, 0.25) is 5.02 Å². The molecule has 0 fully saturated rings. The smallest absolute Gasteiger partial charge is 0.0412 e. The summed E-state index contributed by atoms with van der Waals surface area (Å²) in [5, 5.41) is 3.12. The maximum atomic E-state index is 5.89. The Morgan fingerprint density at radius 2 is 1.85 bits per heavy atom. The van der Waals surface area contributed by atoms with E-state index in [4.69, 9.17) is 11.6 Å². The number of aryl methyl sites for hydroxylation is 1. The monoisotopic (exact) mass is 208 g/mol. The average Bonchev–Trinajstić information content (AvgIpc) is 2.08. The second-order valence-electron chi connectivity index (χ2n) is 3.13. The Morgan fingerprint density at radius 3 is 2.62 bits per heavy atom. The Bertz CT molecular complexity index is 463. The lowest BCUT2D eigenvalue weighted by Gasteiger charge is -2.03. The average molecular weight is 209 g/mol. The van der Waals surface area contributed by atoms with Gasteiger partial charge in [0.15, 0.2) is 0 Å². The number of benzene rings is 2. The molecule has 0 unspecified atom stereocenters. The summed E-state index contributed by atoms with van der Waals surface area (Å²) in [5.74, 6) is 0. The summed E-state index contributed by atoms with van der Waals surface area (Å²) >= 11 is 10.3. The van der Waals surface area contributed by atoms with E-state index in [1.54, 1.807) is 0 Å². The molecule has 2 aromatic rings. The number of hydrogen-bond acceptors (Lipinski definition) is 1. The van der Waals surface area contributed by atoms with Gasteiger partial charge in [-0.2, -0.15) is 0 Å². The van der Waals surface area contributed by atoms with Gasteiger partial charge in [0.1, 0.15) is 0 Å². The fourth-order valence-electron chi connectivity index (χ4n) is 1.37. The first-order chi connectivity index (χ1) is 6.16. The van der Waals surface area contributed by atoms with Gasteiger partial charge in [-0.3, -0.25) is 0 Å². The van der Waals surface area contributed by atoms with Gasteiger partial charge in [-0.25, -0.2) is 0 Å². The summed E-state index contributed by atoms with van der Waals surface area (Å²) in [4.78, 5) is 1.01. The van der Waals surface area contributed by atoms with Gasteiger partial charge < -0.3 is 0 Å². The van der Waals surface area contributed by atoms with Crippen LogP contribution in [0.5, 0.6) is 0 Å². The molecule has 0 aliphatic carbocycles. The van der Waals surface area contributed by atoms with E-state index in [1.165, 1.54) is 10.9 Å². The number of hydrogen-bond donors (Lipinski definition) is 1. The Morgan fingerprint density at radius 1 is 1.08 bits per heavy atom. The van der Waals surface area contributed by atoms with Gasteiger partial charge in [-0.15, -0.1) is 12.6 Å². The van der Waals surface area contributed by atoms with Crippen LogP contribution >= 0.6 is 24.2 Å². The molecule has 2 heteroatoms. The number of halogens is 1. The van der Waals surface area contributed by atoms with Gasteiger partial charge in [0.05, 0.1) is 0 Å². The van der Waals surface area contributed by atoms with Gasteiger partial charge >= 0.3 is 0 Å². The van der Waals surface area contributed by atoms with E-state index in [9.17, 15) is 0 Å². The van der Waals surface area contributed by atoms with E-state index in [2.05, 4.69) is 25.6 Å². The highest BCUT2D eigenvalue weighted by Crippen LogP contribution is 2.24. The van der Waals surface area contributed by atoms with Crippen LogP contribution in [0.1, 0.15) is 5.56 Å². The molecule has 2 aromatic carbocycles. The van der Waals surface area contributed by atoms with Gasteiger partial charge in [0.25, 0.3) is 0 Å². The molecule has 0 saturated heterocycles. The second kappa shape index (κ2) is 3.24. The molecule has 0 atom stereocenters. The summed E-state index contributed by atoms with van der Waals surface area (Å²) in [5.41, 5.74) is 1.19. The van der Waals surface area contributed by atoms with Gasteiger partial charge in [0, 0.05) is 9.92 Å². The molecule has 0 N–H and O–H groups in total. The molecule has 0 aliphatic heterocycles. The quantitative estimate of drug-likeness (QED) is 0.620. The van der Waals surface area contributed by atoms with Crippen molar-refractivity contribution in [3.05, 3.63) is 40.9 Å². The summed E-state index contributed by atoms with van der Waals surface area (Å²) < 4.78 is 0. The SMILES string of the molecule is Cc1cc2ccc(Cl)cc2cc1S. The van der Waals surface area contributed by atoms with Gasteiger partial charge in [-0.05, 0) is 41.5 Å². The van der Waals surface area contributed by atoms with Crippen LogP contribution in [0, 0.1) is 6.92 Å². The zero-order valence-corrected chi connectivity index (χ0v) is 8.86. The van der Waals surface area contributed by atoms with E-state index in [0.29, 0.717) is 0 Å². The Labute approximate surface area is 87.9 Å². The van der Waals surface area contributed by atoms with Crippen LogP contribution in [0.25, 0.3) is 10.8 Å². The molecule has 0 aromatic heterocycles. The number of rotatable bonds is 0. The van der Waals surface area contributed by atoms with Crippen LogP contribution in [-0.2, 0) is 0 Å². The first-order valence-corrected chi connectivity index (χ1v) is 4.88. The fraction of sp³-hybridized carbons (Fsp3) is 0.0909. The fourth-order valence-corrected chi connectivity index (χ4v) is 1.75. The first-order valence-electron chi connectivity index (χ1n) is 4.06. The van der Waals surface area contributed by atoms with Crippen LogP contribution in [0.4, 0.5) is 0 Å². The second-order valence-corrected chi connectivity index (χ2v) is 4.05. The summed E-state index contributed by atoms with van der Waals surface area (Å²) in [7, 11) is 0. The lowest BCUT2D eigenvalue weighted by Crippen LogP contribution is -1.78. The minimum atomic E-state index is 0.768. The number of thiol groups is 1. The maximum Gasteiger partial charge on any atom is 0.0412 e. The van der Waals surface area contributed by atoms with E-state index >= 15 is 0 Å². The third kappa shape index (κ3) is 1.67. The summed E-state index contributed by atoms with van der Waals surface area (Å²) in [6, 6.07) is 10.0. The molecule has 13 heavy (non-hydrogen) atoms. The van der Waals surface area contributed by atoms with E-state index in [1.807, 2.05) is 24.3 Å². The minimum absolute atomic E-state index is 0.768. The van der Waals surface area contributed by atoms with Crippen molar-refractivity contribution in [1.29, 1.82) is 0 Å². The van der Waals surface area contributed by atoms with E-state index in [-0.39, 0.29) is 0 Å². The molecule has 0 aliphatic rings.